The lowest BCUT2D eigenvalue weighted by molar-refractivity contribution is 1.63. The second kappa shape index (κ2) is 11.6. The highest BCUT2D eigenvalue weighted by atomic mass is 32.1. The molecule has 0 fully saturated rings. The second-order valence-electron chi connectivity index (χ2n) is 14.3. The average molecular weight is 719 g/mol. The van der Waals surface area contributed by atoms with Crippen LogP contribution in [-0.4, -0.2) is 0 Å². The van der Waals surface area contributed by atoms with Crippen molar-refractivity contribution in [1.82, 2.24) is 0 Å². The first-order chi connectivity index (χ1) is 26.8. The molecule has 2 aromatic heterocycles. The largest absolute Gasteiger partial charge is 0.135 e. The number of hydrogen-bond donors (Lipinski definition) is 0. The molecule has 54 heavy (non-hydrogen) atoms. The van der Waals surface area contributed by atoms with Crippen LogP contribution in [0.4, 0.5) is 0 Å². The number of benzene rings is 10. The maximum Gasteiger partial charge on any atom is 0.0434 e. The number of hydrogen-bond acceptors (Lipinski definition) is 2. The number of thiophene rings is 2. The fraction of sp³-hybridized carbons (Fsp3) is 0. The van der Waals surface area contributed by atoms with Gasteiger partial charge in [0.1, 0.15) is 0 Å². The third-order valence-corrected chi connectivity index (χ3v) is 13.8. The lowest BCUT2D eigenvalue weighted by Gasteiger charge is -2.18. The van der Waals surface area contributed by atoms with E-state index in [1.165, 1.54) is 117 Å². The molecule has 0 amide bonds. The maximum absolute atomic E-state index is 2.44. The first kappa shape index (κ1) is 30.2. The molecule has 250 valence electrons. The van der Waals surface area contributed by atoms with Gasteiger partial charge in [0, 0.05) is 45.7 Å². The van der Waals surface area contributed by atoms with E-state index in [9.17, 15) is 0 Å². The van der Waals surface area contributed by atoms with Crippen molar-refractivity contribution in [2.24, 2.45) is 0 Å². The van der Waals surface area contributed by atoms with Crippen LogP contribution >= 0.6 is 22.7 Å². The molecule has 0 aliphatic rings. The molecular weight excluding hydrogens is 689 g/mol. The molecule has 0 aliphatic heterocycles. The smallest absolute Gasteiger partial charge is 0.0434 e. The molecule has 0 atom stereocenters. The lowest BCUT2D eigenvalue weighted by Crippen LogP contribution is -1.91. The Bertz CT molecular complexity index is 3440. The molecule has 0 nitrogen and oxygen atoms in total. The summed E-state index contributed by atoms with van der Waals surface area (Å²) in [6.07, 6.45) is 0. The van der Waals surface area contributed by atoms with Crippen LogP contribution in [0.5, 0.6) is 0 Å². The molecule has 0 unspecified atom stereocenters. The predicted molar refractivity (Wildman–Crippen MR) is 239 cm³/mol. The molecule has 2 heterocycles. The van der Waals surface area contributed by atoms with E-state index in [4.69, 9.17) is 0 Å². The average Bonchev–Trinajstić information content (AvgIpc) is 3.81. The minimum absolute atomic E-state index is 1.23. The molecule has 2 heteroatoms. The van der Waals surface area contributed by atoms with Gasteiger partial charge in [0.2, 0.25) is 0 Å². The molecule has 0 bridgehead atoms. The van der Waals surface area contributed by atoms with E-state index >= 15 is 0 Å². The van der Waals surface area contributed by atoms with Crippen LogP contribution in [0.25, 0.3) is 117 Å². The number of fused-ring (bicyclic) bond motifs is 12. The fourth-order valence-corrected chi connectivity index (χ4v) is 11.5. The summed E-state index contributed by atoms with van der Waals surface area (Å²) in [5.41, 5.74) is 7.57. The Morgan fingerprint density at radius 1 is 0.278 bits per heavy atom. The maximum atomic E-state index is 2.44. The van der Waals surface area contributed by atoms with Crippen LogP contribution in [0, 0.1) is 0 Å². The molecular formula is C52H30S2. The van der Waals surface area contributed by atoms with Crippen molar-refractivity contribution in [1.29, 1.82) is 0 Å². The molecule has 10 aromatic carbocycles. The Labute approximate surface area is 319 Å². The van der Waals surface area contributed by atoms with E-state index in [1.54, 1.807) is 0 Å². The molecule has 12 aromatic rings. The summed E-state index contributed by atoms with van der Waals surface area (Å²) < 4.78 is 5.40. The van der Waals surface area contributed by atoms with Gasteiger partial charge >= 0.3 is 0 Å². The van der Waals surface area contributed by atoms with E-state index in [0.29, 0.717) is 0 Å². The van der Waals surface area contributed by atoms with Crippen LogP contribution in [0.1, 0.15) is 0 Å². The van der Waals surface area contributed by atoms with E-state index in [0.717, 1.165) is 0 Å². The van der Waals surface area contributed by atoms with Gasteiger partial charge in [-0.05, 0) is 95.3 Å². The Balaban J connectivity index is 1.07. The van der Waals surface area contributed by atoms with Crippen molar-refractivity contribution in [3.8, 4) is 33.4 Å². The van der Waals surface area contributed by atoms with Gasteiger partial charge in [0.15, 0.2) is 0 Å². The highest BCUT2D eigenvalue weighted by Crippen LogP contribution is 2.48. The first-order valence-corrected chi connectivity index (χ1v) is 20.1. The minimum atomic E-state index is 1.23. The standard InChI is InChI=1S/C52H30S2/c1-2-15-35-31(11-1)12-10-21-36(35)32-13-9-14-33(29-32)49-38-17-3-5-19-40(38)50(41-20-6-4-18-39(41)49)34-23-24-45-48(30-34)53-47-28-27-44-42(51(45)47)25-26-43-37-16-7-8-22-46(37)54-52(43)44/h1-30H. The zero-order valence-corrected chi connectivity index (χ0v) is 30.8. The van der Waals surface area contributed by atoms with Gasteiger partial charge in [-0.1, -0.05) is 158 Å². The summed E-state index contributed by atoms with van der Waals surface area (Å²) >= 11 is 3.82. The van der Waals surface area contributed by atoms with Gasteiger partial charge in [-0.25, -0.2) is 0 Å². The molecule has 0 saturated carbocycles. The Hall–Kier alpha value is -6.32. The van der Waals surface area contributed by atoms with Crippen LogP contribution in [-0.2, 0) is 0 Å². The second-order valence-corrected chi connectivity index (χ2v) is 16.5. The molecule has 0 radical (unpaired) electrons. The third-order valence-electron chi connectivity index (χ3n) is 11.4. The van der Waals surface area contributed by atoms with Crippen LogP contribution in [0.15, 0.2) is 182 Å². The quantitative estimate of drug-likeness (QED) is 0.160. The van der Waals surface area contributed by atoms with Crippen molar-refractivity contribution < 1.29 is 0 Å². The lowest BCUT2D eigenvalue weighted by atomic mass is 9.85. The highest BCUT2D eigenvalue weighted by molar-refractivity contribution is 7.27. The summed E-state index contributed by atoms with van der Waals surface area (Å²) in [6, 6.07) is 67.8. The molecule has 0 aliphatic carbocycles. The zero-order chi connectivity index (χ0) is 35.3. The monoisotopic (exact) mass is 718 g/mol. The molecule has 0 saturated heterocycles. The Morgan fingerprint density at radius 2 is 0.833 bits per heavy atom. The molecule has 0 spiro atoms. The molecule has 12 rings (SSSR count). The number of rotatable bonds is 3. The van der Waals surface area contributed by atoms with Crippen LogP contribution in [0.2, 0.25) is 0 Å². The minimum Gasteiger partial charge on any atom is -0.135 e. The van der Waals surface area contributed by atoms with E-state index in [1.807, 2.05) is 22.7 Å². The Morgan fingerprint density at radius 3 is 1.61 bits per heavy atom. The van der Waals surface area contributed by atoms with E-state index in [2.05, 4.69) is 182 Å². The Kier molecular flexibility index (Phi) is 6.48. The summed E-state index contributed by atoms with van der Waals surface area (Å²) in [5.74, 6) is 0. The van der Waals surface area contributed by atoms with Crippen LogP contribution in [0.3, 0.4) is 0 Å². The summed E-state index contributed by atoms with van der Waals surface area (Å²) in [6.45, 7) is 0. The predicted octanol–water partition coefficient (Wildman–Crippen LogP) is 16.0. The van der Waals surface area contributed by atoms with Gasteiger partial charge in [0.05, 0.1) is 0 Å². The topological polar surface area (TPSA) is 0 Å². The summed E-state index contributed by atoms with van der Waals surface area (Å²) in [4.78, 5) is 0. The zero-order valence-electron chi connectivity index (χ0n) is 29.1. The van der Waals surface area contributed by atoms with Gasteiger partial charge in [0.25, 0.3) is 0 Å². The van der Waals surface area contributed by atoms with Gasteiger partial charge in [-0.15, -0.1) is 22.7 Å². The van der Waals surface area contributed by atoms with Crippen molar-refractivity contribution in [2.75, 3.05) is 0 Å². The van der Waals surface area contributed by atoms with Gasteiger partial charge in [-0.2, -0.15) is 0 Å². The van der Waals surface area contributed by atoms with Crippen molar-refractivity contribution in [3.63, 3.8) is 0 Å². The van der Waals surface area contributed by atoms with Crippen molar-refractivity contribution >= 4 is 106 Å². The first-order valence-electron chi connectivity index (χ1n) is 18.5. The van der Waals surface area contributed by atoms with Crippen molar-refractivity contribution in [2.45, 2.75) is 0 Å². The SMILES string of the molecule is c1cc(-c2cccc3ccccc23)cc(-c2c3ccccc3c(-c3ccc4c(c3)sc3ccc5c(ccc6c7ccccc7sc65)c34)c3ccccc23)c1. The van der Waals surface area contributed by atoms with Crippen molar-refractivity contribution in [3.05, 3.63) is 182 Å². The van der Waals surface area contributed by atoms with E-state index in [-0.39, 0.29) is 0 Å². The normalized spacial score (nSPS) is 12.1. The molecule has 0 N–H and O–H groups in total. The van der Waals surface area contributed by atoms with Gasteiger partial charge in [-0.3, -0.25) is 0 Å². The fourth-order valence-electron chi connectivity index (χ4n) is 9.09. The van der Waals surface area contributed by atoms with Gasteiger partial charge < -0.3 is 0 Å². The van der Waals surface area contributed by atoms with Crippen LogP contribution < -0.4 is 0 Å². The highest BCUT2D eigenvalue weighted by Gasteiger charge is 2.19. The summed E-state index contributed by atoms with van der Waals surface area (Å²) in [7, 11) is 0. The third kappa shape index (κ3) is 4.36. The van der Waals surface area contributed by atoms with E-state index < -0.39 is 0 Å². The summed E-state index contributed by atoms with van der Waals surface area (Å²) in [5, 5.41) is 15.7.